The third-order valence-corrected chi connectivity index (χ3v) is 4.72. The molecule has 19 heavy (non-hydrogen) atoms. The minimum absolute atomic E-state index is 0.308. The zero-order chi connectivity index (χ0) is 13.6. The number of aromatic nitrogens is 1. The van der Waals surface area contributed by atoms with E-state index in [4.69, 9.17) is 5.11 Å². The number of hydrogen-bond donors (Lipinski definition) is 1. The molecular formula is C15H15NO2S. The lowest BCUT2D eigenvalue weighted by molar-refractivity contribution is 0.0697. The lowest BCUT2D eigenvalue weighted by atomic mass is 10.1. The first-order valence-corrected chi connectivity index (χ1v) is 7.14. The molecule has 98 valence electrons. The van der Waals surface area contributed by atoms with Gasteiger partial charge in [-0.25, -0.2) is 9.78 Å². The maximum absolute atomic E-state index is 10.8. The molecule has 1 atom stereocenters. The number of rotatable bonds is 3. The topological polar surface area (TPSA) is 50.2 Å². The van der Waals surface area contributed by atoms with Gasteiger partial charge in [-0.3, -0.25) is 0 Å². The molecule has 0 aliphatic heterocycles. The van der Waals surface area contributed by atoms with E-state index >= 15 is 0 Å². The summed E-state index contributed by atoms with van der Waals surface area (Å²) in [4.78, 5) is 15.5. The molecular weight excluding hydrogens is 258 g/mol. The summed E-state index contributed by atoms with van der Waals surface area (Å²) in [6, 6.07) is 6.89. The smallest absolute Gasteiger partial charge is 0.335 e. The molecule has 0 bridgehead atoms. The van der Waals surface area contributed by atoms with Crippen molar-refractivity contribution in [2.24, 2.45) is 5.41 Å². The fourth-order valence-electron chi connectivity index (χ4n) is 2.25. The lowest BCUT2D eigenvalue weighted by Crippen LogP contribution is -1.95. The summed E-state index contributed by atoms with van der Waals surface area (Å²) in [7, 11) is 0. The van der Waals surface area contributed by atoms with Crippen molar-refractivity contribution >= 4 is 17.3 Å². The number of carbonyl (C=O) groups is 1. The van der Waals surface area contributed by atoms with E-state index in [9.17, 15) is 4.79 Å². The largest absolute Gasteiger partial charge is 0.478 e. The van der Waals surface area contributed by atoms with E-state index in [-0.39, 0.29) is 0 Å². The Kier molecular flexibility index (Phi) is 2.71. The van der Waals surface area contributed by atoms with Crippen LogP contribution in [0.3, 0.4) is 0 Å². The normalized spacial score (nSPS) is 20.2. The van der Waals surface area contributed by atoms with Crippen molar-refractivity contribution in [1.29, 1.82) is 0 Å². The second-order valence-corrected chi connectivity index (χ2v) is 6.59. The first kappa shape index (κ1) is 12.4. The summed E-state index contributed by atoms with van der Waals surface area (Å²) in [6.45, 7) is 4.53. The van der Waals surface area contributed by atoms with Crippen LogP contribution in [-0.2, 0) is 0 Å². The molecule has 2 aromatic rings. The van der Waals surface area contributed by atoms with E-state index < -0.39 is 5.97 Å². The average molecular weight is 273 g/mol. The Hall–Kier alpha value is -1.68. The second-order valence-electron chi connectivity index (χ2n) is 5.70. The van der Waals surface area contributed by atoms with Gasteiger partial charge in [0.2, 0.25) is 0 Å². The number of carboxylic acids is 1. The Labute approximate surface area is 115 Å². The summed E-state index contributed by atoms with van der Waals surface area (Å²) in [6.07, 6.45) is 1.21. The Balaban J connectivity index is 1.85. The molecule has 1 fully saturated rings. The van der Waals surface area contributed by atoms with Crippen LogP contribution in [-0.4, -0.2) is 16.1 Å². The summed E-state index contributed by atoms with van der Waals surface area (Å²) in [5.41, 5.74) is 2.62. The Morgan fingerprint density at radius 1 is 1.37 bits per heavy atom. The average Bonchev–Trinajstić information content (AvgIpc) is 2.82. The maximum Gasteiger partial charge on any atom is 0.335 e. The molecule has 0 amide bonds. The third-order valence-electron chi connectivity index (χ3n) is 3.76. The minimum atomic E-state index is -0.898. The van der Waals surface area contributed by atoms with Crippen LogP contribution in [0.2, 0.25) is 0 Å². The quantitative estimate of drug-likeness (QED) is 0.918. The van der Waals surface area contributed by atoms with Crippen molar-refractivity contribution in [1.82, 2.24) is 4.98 Å². The number of hydrogen-bond acceptors (Lipinski definition) is 3. The van der Waals surface area contributed by atoms with Gasteiger partial charge in [0.1, 0.15) is 0 Å². The molecule has 1 unspecified atom stereocenters. The number of carboxylic acid groups (broad SMARTS) is 1. The predicted octanol–water partition coefficient (Wildman–Crippen LogP) is 4.02. The zero-order valence-corrected chi connectivity index (χ0v) is 11.7. The molecule has 0 spiro atoms. The Morgan fingerprint density at radius 2 is 2.00 bits per heavy atom. The van der Waals surface area contributed by atoms with Crippen molar-refractivity contribution in [2.75, 3.05) is 0 Å². The Morgan fingerprint density at radius 3 is 2.53 bits per heavy atom. The van der Waals surface area contributed by atoms with Crippen LogP contribution < -0.4 is 0 Å². The van der Waals surface area contributed by atoms with E-state index in [1.54, 1.807) is 23.5 Å². The second kappa shape index (κ2) is 4.17. The molecule has 1 heterocycles. The molecule has 3 nitrogen and oxygen atoms in total. The summed E-state index contributed by atoms with van der Waals surface area (Å²) in [5, 5.41) is 12.1. The highest BCUT2D eigenvalue weighted by Gasteiger charge is 2.48. The van der Waals surface area contributed by atoms with Gasteiger partial charge in [-0.2, -0.15) is 0 Å². The summed E-state index contributed by atoms with van der Waals surface area (Å²) < 4.78 is 0. The molecule has 1 aliphatic carbocycles. The van der Waals surface area contributed by atoms with Crippen LogP contribution in [0.1, 0.15) is 41.6 Å². The van der Waals surface area contributed by atoms with E-state index in [1.165, 1.54) is 11.4 Å². The highest BCUT2D eigenvalue weighted by Crippen LogP contribution is 2.59. The number of thiazole rings is 1. The molecule has 1 N–H and O–H groups in total. The van der Waals surface area contributed by atoms with Crippen molar-refractivity contribution in [2.45, 2.75) is 26.2 Å². The number of aromatic carboxylic acids is 1. The van der Waals surface area contributed by atoms with Crippen LogP contribution in [0.25, 0.3) is 11.3 Å². The van der Waals surface area contributed by atoms with E-state index in [1.807, 2.05) is 12.1 Å². The van der Waals surface area contributed by atoms with Crippen molar-refractivity contribution in [3.63, 3.8) is 0 Å². The SMILES string of the molecule is CC1(C)CC1c1nc(-c2ccc(C(=O)O)cc2)cs1. The van der Waals surface area contributed by atoms with E-state index in [0.29, 0.717) is 16.9 Å². The molecule has 1 saturated carbocycles. The van der Waals surface area contributed by atoms with Crippen LogP contribution in [0.5, 0.6) is 0 Å². The van der Waals surface area contributed by atoms with Crippen LogP contribution in [0.4, 0.5) is 0 Å². The van der Waals surface area contributed by atoms with Crippen LogP contribution in [0.15, 0.2) is 29.6 Å². The fourth-order valence-corrected chi connectivity index (χ4v) is 3.39. The fraction of sp³-hybridized carbons (Fsp3) is 0.333. The molecule has 3 rings (SSSR count). The van der Waals surface area contributed by atoms with Gasteiger partial charge in [0.05, 0.1) is 16.3 Å². The minimum Gasteiger partial charge on any atom is -0.478 e. The molecule has 4 heteroatoms. The maximum atomic E-state index is 10.8. The standard InChI is InChI=1S/C15H15NO2S/c1-15(2)7-11(15)13-16-12(8-19-13)9-3-5-10(6-4-9)14(17)18/h3-6,8,11H,7H2,1-2H3,(H,17,18). The Bertz CT molecular complexity index is 628. The van der Waals surface area contributed by atoms with Crippen molar-refractivity contribution in [3.05, 3.63) is 40.2 Å². The van der Waals surface area contributed by atoms with Gasteiger partial charge in [-0.05, 0) is 24.0 Å². The van der Waals surface area contributed by atoms with Crippen molar-refractivity contribution < 1.29 is 9.90 Å². The zero-order valence-electron chi connectivity index (χ0n) is 10.9. The van der Waals surface area contributed by atoms with Gasteiger partial charge in [0.25, 0.3) is 0 Å². The number of nitrogens with zero attached hydrogens (tertiary/aromatic N) is 1. The molecule has 1 aliphatic rings. The van der Waals surface area contributed by atoms with Gasteiger partial charge in [0, 0.05) is 16.9 Å². The van der Waals surface area contributed by atoms with Gasteiger partial charge in [0.15, 0.2) is 0 Å². The molecule has 1 aromatic carbocycles. The van der Waals surface area contributed by atoms with E-state index in [0.717, 1.165) is 11.3 Å². The first-order chi connectivity index (χ1) is 8.97. The summed E-state index contributed by atoms with van der Waals surface area (Å²) in [5.74, 6) is -0.310. The van der Waals surface area contributed by atoms with Gasteiger partial charge in [-0.1, -0.05) is 26.0 Å². The van der Waals surface area contributed by atoms with Crippen molar-refractivity contribution in [3.8, 4) is 11.3 Å². The van der Waals surface area contributed by atoms with Gasteiger partial charge >= 0.3 is 5.97 Å². The third kappa shape index (κ3) is 2.28. The van der Waals surface area contributed by atoms with E-state index in [2.05, 4.69) is 24.2 Å². The molecule has 1 aromatic heterocycles. The van der Waals surface area contributed by atoms with Crippen LogP contribution >= 0.6 is 11.3 Å². The van der Waals surface area contributed by atoms with Gasteiger partial charge in [-0.15, -0.1) is 11.3 Å². The predicted molar refractivity (Wildman–Crippen MR) is 75.6 cm³/mol. The van der Waals surface area contributed by atoms with Crippen LogP contribution in [0, 0.1) is 5.41 Å². The molecule has 0 saturated heterocycles. The first-order valence-electron chi connectivity index (χ1n) is 6.26. The number of benzene rings is 1. The molecule has 0 radical (unpaired) electrons. The highest BCUT2D eigenvalue weighted by molar-refractivity contribution is 7.10. The lowest BCUT2D eigenvalue weighted by Gasteiger charge is -1.99. The van der Waals surface area contributed by atoms with Gasteiger partial charge < -0.3 is 5.11 Å². The monoisotopic (exact) mass is 273 g/mol. The summed E-state index contributed by atoms with van der Waals surface area (Å²) >= 11 is 1.70. The highest BCUT2D eigenvalue weighted by atomic mass is 32.1.